The zero-order chi connectivity index (χ0) is 23.4. The molecule has 1 aromatic heterocycles. The van der Waals surface area contributed by atoms with Crippen LogP contribution in [0.1, 0.15) is 21.5 Å². The number of hydrogen-bond donors (Lipinski definition) is 1. The van der Waals surface area contributed by atoms with Crippen LogP contribution in [0.3, 0.4) is 0 Å². The van der Waals surface area contributed by atoms with Gasteiger partial charge in [-0.3, -0.25) is 9.48 Å². The Labute approximate surface area is 214 Å². The minimum absolute atomic E-state index is 0.251. The smallest absolute Gasteiger partial charge is 0.256 e. The summed E-state index contributed by atoms with van der Waals surface area (Å²) in [6.07, 6.45) is 1.61. The number of hydrogen-bond acceptors (Lipinski definition) is 3. The molecule has 168 valence electrons. The van der Waals surface area contributed by atoms with Crippen LogP contribution >= 0.6 is 50.7 Å². The van der Waals surface area contributed by atoms with E-state index < -0.39 is 0 Å². The van der Waals surface area contributed by atoms with Gasteiger partial charge in [0, 0.05) is 31.8 Å². The normalized spacial score (nSPS) is 10.8. The first-order chi connectivity index (χ1) is 15.9. The fraction of sp³-hybridized carbons (Fsp3) is 0.0833. The highest BCUT2D eigenvalue weighted by Crippen LogP contribution is 2.27. The van der Waals surface area contributed by atoms with Gasteiger partial charge in [0.25, 0.3) is 5.91 Å². The molecule has 0 aliphatic carbocycles. The summed E-state index contributed by atoms with van der Waals surface area (Å²) in [7, 11) is 0. The molecule has 0 unspecified atom stereocenters. The van der Waals surface area contributed by atoms with Crippen molar-refractivity contribution in [1.82, 2.24) is 9.78 Å². The lowest BCUT2D eigenvalue weighted by Gasteiger charge is -2.08. The van der Waals surface area contributed by atoms with Crippen LogP contribution in [0.25, 0.3) is 0 Å². The second kappa shape index (κ2) is 10.6. The van der Waals surface area contributed by atoms with Crippen molar-refractivity contribution in [2.45, 2.75) is 13.2 Å². The summed E-state index contributed by atoms with van der Waals surface area (Å²) >= 11 is 22.2. The molecule has 0 radical (unpaired) electrons. The molecule has 1 N–H and O–H groups in total. The molecule has 1 amide bonds. The second-order valence-electron chi connectivity index (χ2n) is 7.12. The van der Waals surface area contributed by atoms with E-state index in [1.165, 1.54) is 0 Å². The number of carbonyl (C=O) groups excluding carboxylic acids is 1. The SMILES string of the molecule is O=C(Nc1nn(Cc2c(Cl)cccc2Cl)cc1Cl)c1cccc(COc2ccc(Br)cc2)c1. The van der Waals surface area contributed by atoms with Gasteiger partial charge in [0.2, 0.25) is 0 Å². The van der Waals surface area contributed by atoms with E-state index in [1.54, 1.807) is 47.3 Å². The highest BCUT2D eigenvalue weighted by Gasteiger charge is 2.15. The van der Waals surface area contributed by atoms with Crippen molar-refractivity contribution < 1.29 is 9.53 Å². The molecule has 4 rings (SSSR count). The molecule has 3 aromatic carbocycles. The number of nitrogens with zero attached hydrogens (tertiary/aromatic N) is 2. The number of nitrogens with one attached hydrogen (secondary N) is 1. The zero-order valence-electron chi connectivity index (χ0n) is 17.1. The van der Waals surface area contributed by atoms with Crippen molar-refractivity contribution >= 4 is 62.5 Å². The maximum atomic E-state index is 12.8. The Morgan fingerprint density at radius 1 is 0.970 bits per heavy atom. The summed E-state index contributed by atoms with van der Waals surface area (Å²) in [4.78, 5) is 12.8. The lowest BCUT2D eigenvalue weighted by atomic mass is 10.1. The highest BCUT2D eigenvalue weighted by atomic mass is 79.9. The molecule has 0 aliphatic heterocycles. The number of anilines is 1. The number of ether oxygens (including phenoxy) is 1. The zero-order valence-corrected chi connectivity index (χ0v) is 20.9. The first-order valence-electron chi connectivity index (χ1n) is 9.83. The summed E-state index contributed by atoms with van der Waals surface area (Å²) in [6, 6.07) is 20.0. The Hall–Kier alpha value is -2.51. The molecule has 0 spiro atoms. The molecule has 4 aromatic rings. The van der Waals surface area contributed by atoms with E-state index in [-0.39, 0.29) is 11.7 Å². The van der Waals surface area contributed by atoms with Crippen LogP contribution in [0.15, 0.2) is 77.4 Å². The van der Waals surface area contributed by atoms with Gasteiger partial charge in [0.05, 0.1) is 6.54 Å². The van der Waals surface area contributed by atoms with Crippen molar-refractivity contribution in [3.8, 4) is 5.75 Å². The summed E-state index contributed by atoms with van der Waals surface area (Å²) in [6.45, 7) is 0.647. The number of halogens is 4. The van der Waals surface area contributed by atoms with E-state index >= 15 is 0 Å². The van der Waals surface area contributed by atoms with E-state index in [4.69, 9.17) is 39.5 Å². The maximum absolute atomic E-state index is 12.8. The van der Waals surface area contributed by atoms with E-state index in [0.29, 0.717) is 33.8 Å². The molecule has 9 heteroatoms. The lowest BCUT2D eigenvalue weighted by molar-refractivity contribution is 0.102. The van der Waals surface area contributed by atoms with E-state index in [9.17, 15) is 4.79 Å². The average Bonchev–Trinajstić information content (AvgIpc) is 3.15. The van der Waals surface area contributed by atoms with Gasteiger partial charge < -0.3 is 10.1 Å². The number of aromatic nitrogens is 2. The van der Waals surface area contributed by atoms with Gasteiger partial charge in [-0.1, -0.05) is 68.9 Å². The maximum Gasteiger partial charge on any atom is 0.256 e. The van der Waals surface area contributed by atoms with Crippen LogP contribution in [0.2, 0.25) is 15.1 Å². The monoisotopic (exact) mass is 563 g/mol. The number of rotatable bonds is 7. The van der Waals surface area contributed by atoms with Crippen LogP contribution in [-0.2, 0) is 13.2 Å². The fourth-order valence-electron chi connectivity index (χ4n) is 3.09. The summed E-state index contributed by atoms with van der Waals surface area (Å²) in [5.74, 6) is 0.661. The molecule has 1 heterocycles. The molecule has 0 bridgehead atoms. The Morgan fingerprint density at radius 3 is 2.39 bits per heavy atom. The standard InChI is InChI=1S/C24H17BrCl3N3O2/c25-17-7-9-18(10-8-17)33-14-15-3-1-4-16(11-15)24(32)29-23-22(28)13-31(30-23)12-19-20(26)5-2-6-21(19)27/h1-11,13H,12,14H2,(H,29,30,32). The van der Waals surface area contributed by atoms with Crippen molar-refractivity contribution in [3.05, 3.63) is 109 Å². The quantitative estimate of drug-likeness (QED) is 0.253. The molecule has 0 atom stereocenters. The van der Waals surface area contributed by atoms with Crippen LogP contribution in [0, 0.1) is 0 Å². The van der Waals surface area contributed by atoms with Gasteiger partial charge in [0.1, 0.15) is 17.4 Å². The predicted molar refractivity (Wildman–Crippen MR) is 136 cm³/mol. The van der Waals surface area contributed by atoms with Crippen LogP contribution in [-0.4, -0.2) is 15.7 Å². The van der Waals surface area contributed by atoms with Crippen LogP contribution in [0.5, 0.6) is 5.75 Å². The van der Waals surface area contributed by atoms with Crippen molar-refractivity contribution in [3.63, 3.8) is 0 Å². The molecular weight excluding hydrogens is 549 g/mol. The van der Waals surface area contributed by atoms with Crippen LogP contribution < -0.4 is 10.1 Å². The third-order valence-electron chi connectivity index (χ3n) is 4.74. The Kier molecular flexibility index (Phi) is 7.60. The third-order valence-corrected chi connectivity index (χ3v) is 6.25. The van der Waals surface area contributed by atoms with Crippen molar-refractivity contribution in [2.75, 3.05) is 5.32 Å². The van der Waals surface area contributed by atoms with Crippen molar-refractivity contribution in [1.29, 1.82) is 0 Å². The molecule has 0 fully saturated rings. The first-order valence-corrected chi connectivity index (χ1v) is 11.8. The highest BCUT2D eigenvalue weighted by molar-refractivity contribution is 9.10. The summed E-state index contributed by atoms with van der Waals surface area (Å²) < 4.78 is 8.34. The Balaban J connectivity index is 1.43. The molecule has 0 saturated carbocycles. The lowest BCUT2D eigenvalue weighted by Crippen LogP contribution is -2.13. The van der Waals surface area contributed by atoms with Gasteiger partial charge in [0.15, 0.2) is 5.82 Å². The molecule has 5 nitrogen and oxygen atoms in total. The third kappa shape index (κ3) is 6.09. The van der Waals surface area contributed by atoms with Crippen molar-refractivity contribution in [2.24, 2.45) is 0 Å². The number of carbonyl (C=O) groups is 1. The first kappa shape index (κ1) is 23.6. The fourth-order valence-corrected chi connectivity index (χ4v) is 4.07. The average molecular weight is 566 g/mol. The predicted octanol–water partition coefficient (Wildman–Crippen LogP) is 7.49. The van der Waals surface area contributed by atoms with Gasteiger partial charge in [-0.05, 0) is 54.1 Å². The van der Waals surface area contributed by atoms with Gasteiger partial charge in [-0.15, -0.1) is 0 Å². The van der Waals surface area contributed by atoms with E-state index in [0.717, 1.165) is 21.3 Å². The molecule has 0 aliphatic rings. The number of benzene rings is 3. The topological polar surface area (TPSA) is 56.2 Å². The molecule has 0 saturated heterocycles. The van der Waals surface area contributed by atoms with Gasteiger partial charge in [-0.2, -0.15) is 5.10 Å². The van der Waals surface area contributed by atoms with Crippen LogP contribution in [0.4, 0.5) is 5.82 Å². The minimum Gasteiger partial charge on any atom is -0.489 e. The second-order valence-corrected chi connectivity index (χ2v) is 9.26. The minimum atomic E-state index is -0.330. The Bertz CT molecular complexity index is 1270. The Morgan fingerprint density at radius 2 is 1.67 bits per heavy atom. The van der Waals surface area contributed by atoms with Gasteiger partial charge in [-0.25, -0.2) is 0 Å². The summed E-state index contributed by atoms with van der Waals surface area (Å²) in [5.41, 5.74) is 2.04. The number of amides is 1. The largest absolute Gasteiger partial charge is 0.489 e. The van der Waals surface area contributed by atoms with Gasteiger partial charge >= 0.3 is 0 Å². The molecular formula is C24H17BrCl3N3O2. The summed E-state index contributed by atoms with van der Waals surface area (Å²) in [5, 5.41) is 8.49. The molecule has 33 heavy (non-hydrogen) atoms. The van der Waals surface area contributed by atoms with E-state index in [1.807, 2.05) is 30.3 Å². The van der Waals surface area contributed by atoms with E-state index in [2.05, 4.69) is 26.3 Å².